The second-order valence-electron chi connectivity index (χ2n) is 11.3. The number of alkyl halides is 1. The van der Waals surface area contributed by atoms with Gasteiger partial charge in [0.25, 0.3) is 0 Å². The van der Waals surface area contributed by atoms with Gasteiger partial charge in [-0.2, -0.15) is 0 Å². The maximum absolute atomic E-state index is 14.9. The second-order valence-corrected chi connectivity index (χ2v) is 11.3. The number of esters is 1. The zero-order valence-electron chi connectivity index (χ0n) is 18.5. The number of hydrogen-bond donors (Lipinski definition) is 2. The Morgan fingerprint density at radius 2 is 2.00 bits per heavy atom. The molecule has 12 atom stereocenters. The highest BCUT2D eigenvalue weighted by Gasteiger charge is 2.64. The number of rotatable bonds is 1. The minimum absolute atomic E-state index is 0.0264. The zero-order chi connectivity index (χ0) is 21.7. The van der Waals surface area contributed by atoms with Crippen LogP contribution in [-0.2, 0) is 14.3 Å². The molecule has 0 aromatic heterocycles. The minimum atomic E-state index is -1.58. The van der Waals surface area contributed by atoms with Crippen molar-refractivity contribution in [2.75, 3.05) is 13.2 Å². The number of nitrogens with one attached hydrogen (secondary N) is 1. The van der Waals surface area contributed by atoms with Crippen LogP contribution in [0.1, 0.15) is 52.4 Å². The van der Waals surface area contributed by atoms with Crippen LogP contribution in [0.25, 0.3) is 0 Å². The molecular formula is C24H35FN2O4. The Balaban J connectivity index is 1.33. The number of halogens is 1. The molecule has 0 aromatic carbocycles. The Labute approximate surface area is 183 Å². The van der Waals surface area contributed by atoms with Crippen molar-refractivity contribution in [2.45, 2.75) is 82.3 Å². The van der Waals surface area contributed by atoms with Crippen molar-refractivity contribution in [1.29, 1.82) is 0 Å². The lowest BCUT2D eigenvalue weighted by atomic mass is 9.54. The molecule has 4 saturated heterocycles. The Kier molecular flexibility index (Phi) is 4.54. The fourth-order valence-corrected chi connectivity index (χ4v) is 8.80. The molecular weight excluding hydrogens is 399 g/mol. The number of aliphatic hydroxyl groups is 1. The van der Waals surface area contributed by atoms with Gasteiger partial charge < -0.3 is 20.1 Å². The van der Waals surface area contributed by atoms with E-state index in [1.54, 1.807) is 6.92 Å². The standard InChI is InChI=1S/C24H35FN2O4/c1-3-24(30)16-7-19-21-14(9-27(19)22(28)15(16)10-31-23(24)29)13-6-4-5-12-11(2)17(25)8-18(26-21)20(12)13/h11-21,26,30H,3-10H2,1-2H3/t11?,12?,13-,14?,15?,16?,17?,18?,19?,20?,21?,24?/m1/s1. The molecule has 7 heteroatoms. The van der Waals surface area contributed by atoms with Crippen LogP contribution in [-0.4, -0.2) is 64.9 Å². The molecule has 2 N–H and O–H groups in total. The molecule has 31 heavy (non-hydrogen) atoms. The summed E-state index contributed by atoms with van der Waals surface area (Å²) in [5.74, 6) is 0.589. The van der Waals surface area contributed by atoms with Crippen LogP contribution in [0.15, 0.2) is 0 Å². The fraction of sp³-hybridized carbons (Fsp3) is 0.917. The molecule has 172 valence electrons. The van der Waals surface area contributed by atoms with Crippen molar-refractivity contribution in [3.63, 3.8) is 0 Å². The fourth-order valence-electron chi connectivity index (χ4n) is 8.80. The summed E-state index contributed by atoms with van der Waals surface area (Å²) in [5.41, 5.74) is -1.58. The number of carbonyl (C=O) groups excluding carboxylic acids is 2. The summed E-state index contributed by atoms with van der Waals surface area (Å²) in [5, 5.41) is 15.0. The largest absolute Gasteiger partial charge is 0.463 e. The molecule has 2 aliphatic carbocycles. The van der Waals surface area contributed by atoms with E-state index in [1.807, 2.05) is 4.90 Å². The molecule has 4 aliphatic heterocycles. The number of hydrogen-bond acceptors (Lipinski definition) is 5. The number of nitrogens with zero attached hydrogens (tertiary/aromatic N) is 1. The van der Waals surface area contributed by atoms with Gasteiger partial charge in [-0.1, -0.05) is 20.3 Å². The first-order valence-corrected chi connectivity index (χ1v) is 12.4. The van der Waals surface area contributed by atoms with E-state index in [9.17, 15) is 19.1 Å². The van der Waals surface area contributed by atoms with E-state index in [2.05, 4.69) is 12.2 Å². The van der Waals surface area contributed by atoms with Gasteiger partial charge >= 0.3 is 5.97 Å². The van der Waals surface area contributed by atoms with Gasteiger partial charge in [0.1, 0.15) is 12.8 Å². The van der Waals surface area contributed by atoms with Crippen molar-refractivity contribution in [2.24, 2.45) is 41.4 Å². The molecule has 4 heterocycles. The SMILES string of the molecule is CCC1(O)C(=O)OCC2C(=O)N3CC4C(NC5CC(F)C(C)C6CCC[C@H]4C56)C3CC21. The summed E-state index contributed by atoms with van der Waals surface area (Å²) < 4.78 is 20.2. The number of fused-ring (bicyclic) bond motifs is 5. The van der Waals surface area contributed by atoms with Gasteiger partial charge in [0.15, 0.2) is 5.60 Å². The van der Waals surface area contributed by atoms with Gasteiger partial charge in [0, 0.05) is 30.6 Å². The lowest BCUT2D eigenvalue weighted by molar-refractivity contribution is -0.201. The van der Waals surface area contributed by atoms with E-state index in [4.69, 9.17) is 4.74 Å². The zero-order valence-corrected chi connectivity index (χ0v) is 18.5. The molecule has 2 saturated carbocycles. The Hall–Kier alpha value is -1.21. The molecule has 1 amide bonds. The Morgan fingerprint density at radius 1 is 1.23 bits per heavy atom. The summed E-state index contributed by atoms with van der Waals surface area (Å²) in [4.78, 5) is 28.0. The van der Waals surface area contributed by atoms with E-state index in [1.165, 1.54) is 6.42 Å². The van der Waals surface area contributed by atoms with Gasteiger partial charge in [-0.05, 0) is 61.7 Å². The molecule has 0 aromatic rings. The predicted molar refractivity (Wildman–Crippen MR) is 110 cm³/mol. The molecule has 0 radical (unpaired) electrons. The van der Waals surface area contributed by atoms with Crippen LogP contribution in [0.5, 0.6) is 0 Å². The van der Waals surface area contributed by atoms with Gasteiger partial charge in [0.2, 0.25) is 5.91 Å². The molecule has 6 aliphatic rings. The number of carbonyl (C=O) groups is 2. The van der Waals surface area contributed by atoms with E-state index in [-0.39, 0.29) is 43.0 Å². The number of piperidine rings is 2. The quantitative estimate of drug-likeness (QED) is 0.617. The topological polar surface area (TPSA) is 78.9 Å². The smallest absolute Gasteiger partial charge is 0.338 e. The van der Waals surface area contributed by atoms with Gasteiger partial charge in [-0.15, -0.1) is 0 Å². The first-order chi connectivity index (χ1) is 14.8. The minimum Gasteiger partial charge on any atom is -0.463 e. The number of amides is 1. The summed E-state index contributed by atoms with van der Waals surface area (Å²) >= 11 is 0. The molecule has 0 bridgehead atoms. The van der Waals surface area contributed by atoms with Crippen molar-refractivity contribution >= 4 is 11.9 Å². The highest BCUT2D eigenvalue weighted by molar-refractivity contribution is 5.87. The van der Waals surface area contributed by atoms with Crippen molar-refractivity contribution in [3.8, 4) is 0 Å². The maximum atomic E-state index is 14.9. The van der Waals surface area contributed by atoms with Crippen molar-refractivity contribution in [1.82, 2.24) is 10.2 Å². The Bertz CT molecular complexity index is 794. The van der Waals surface area contributed by atoms with E-state index < -0.39 is 29.6 Å². The van der Waals surface area contributed by atoms with Crippen LogP contribution in [0.4, 0.5) is 4.39 Å². The highest BCUT2D eigenvalue weighted by Crippen LogP contribution is 2.56. The van der Waals surface area contributed by atoms with E-state index >= 15 is 0 Å². The number of cyclic esters (lactones) is 1. The highest BCUT2D eigenvalue weighted by atomic mass is 19.1. The average molecular weight is 435 g/mol. The molecule has 11 unspecified atom stereocenters. The maximum Gasteiger partial charge on any atom is 0.338 e. The van der Waals surface area contributed by atoms with Gasteiger partial charge in [0.05, 0.1) is 5.92 Å². The lowest BCUT2D eigenvalue weighted by Gasteiger charge is -2.57. The van der Waals surface area contributed by atoms with Crippen molar-refractivity contribution < 1.29 is 23.8 Å². The van der Waals surface area contributed by atoms with Crippen LogP contribution >= 0.6 is 0 Å². The summed E-state index contributed by atoms with van der Waals surface area (Å²) in [6, 6.07) is 0.285. The molecule has 0 spiro atoms. The second kappa shape index (κ2) is 6.89. The van der Waals surface area contributed by atoms with Crippen LogP contribution < -0.4 is 5.32 Å². The normalized spacial score (nSPS) is 55.6. The van der Waals surface area contributed by atoms with Crippen LogP contribution in [0.2, 0.25) is 0 Å². The summed E-state index contributed by atoms with van der Waals surface area (Å²) in [6.07, 6.45) is 4.13. The van der Waals surface area contributed by atoms with Crippen LogP contribution in [0, 0.1) is 41.4 Å². The summed E-state index contributed by atoms with van der Waals surface area (Å²) in [7, 11) is 0. The van der Waals surface area contributed by atoms with Gasteiger partial charge in [-0.25, -0.2) is 9.18 Å². The third kappa shape index (κ3) is 2.62. The Morgan fingerprint density at radius 3 is 2.77 bits per heavy atom. The molecule has 6 fully saturated rings. The van der Waals surface area contributed by atoms with Crippen molar-refractivity contribution in [3.05, 3.63) is 0 Å². The molecule has 6 rings (SSSR count). The van der Waals surface area contributed by atoms with E-state index in [0.717, 1.165) is 19.4 Å². The van der Waals surface area contributed by atoms with E-state index in [0.29, 0.717) is 36.5 Å². The predicted octanol–water partition coefficient (Wildman–Crippen LogP) is 1.90. The third-order valence-corrected chi connectivity index (χ3v) is 10.4. The third-order valence-electron chi connectivity index (χ3n) is 10.4. The first kappa shape index (κ1) is 20.4. The van der Waals surface area contributed by atoms with Gasteiger partial charge in [-0.3, -0.25) is 4.79 Å². The monoisotopic (exact) mass is 434 g/mol. The number of ether oxygens (including phenoxy) is 1. The first-order valence-electron chi connectivity index (χ1n) is 12.4. The molecule has 6 nitrogen and oxygen atoms in total. The average Bonchev–Trinajstić information content (AvgIpc) is 3.14. The lowest BCUT2D eigenvalue weighted by Crippen LogP contribution is -2.67. The summed E-state index contributed by atoms with van der Waals surface area (Å²) in [6.45, 7) is 4.70. The van der Waals surface area contributed by atoms with Crippen LogP contribution in [0.3, 0.4) is 0 Å².